The standard InChI is InChI=1S/C11H10Br2ClNO/c12-5-7-6-15(11(16)10(7)13)9-3-1-2-8(14)4-9/h1-4,7,10H,5-6H2. The number of hydrogen-bond acceptors (Lipinski definition) is 1. The van der Waals surface area contributed by atoms with E-state index in [0.29, 0.717) is 10.9 Å². The van der Waals surface area contributed by atoms with Gasteiger partial charge in [0.25, 0.3) is 0 Å². The molecule has 16 heavy (non-hydrogen) atoms. The number of hydrogen-bond donors (Lipinski definition) is 0. The zero-order chi connectivity index (χ0) is 11.7. The van der Waals surface area contributed by atoms with Gasteiger partial charge >= 0.3 is 0 Å². The van der Waals surface area contributed by atoms with Crippen LogP contribution in [-0.2, 0) is 4.79 Å². The SMILES string of the molecule is O=C1C(Br)C(CBr)CN1c1cccc(Cl)c1. The van der Waals surface area contributed by atoms with Crippen LogP contribution in [0.2, 0.25) is 5.02 Å². The minimum absolute atomic E-state index is 0.103. The summed E-state index contributed by atoms with van der Waals surface area (Å²) in [6.07, 6.45) is 0. The summed E-state index contributed by atoms with van der Waals surface area (Å²) in [5, 5.41) is 1.46. The Hall–Kier alpha value is -0.0600. The Balaban J connectivity index is 2.26. The van der Waals surface area contributed by atoms with Crippen molar-refractivity contribution in [2.24, 2.45) is 5.92 Å². The third-order valence-electron chi connectivity index (χ3n) is 2.65. The summed E-state index contributed by atoms with van der Waals surface area (Å²) in [5.74, 6) is 0.401. The topological polar surface area (TPSA) is 20.3 Å². The monoisotopic (exact) mass is 365 g/mol. The molecule has 0 spiro atoms. The van der Waals surface area contributed by atoms with Crippen LogP contribution in [0.4, 0.5) is 5.69 Å². The largest absolute Gasteiger partial charge is 0.311 e. The molecule has 1 aromatic carbocycles. The number of halogens is 3. The van der Waals surface area contributed by atoms with Gasteiger partial charge in [-0.2, -0.15) is 0 Å². The normalized spacial score (nSPS) is 25.2. The van der Waals surface area contributed by atoms with Crippen LogP contribution in [0.3, 0.4) is 0 Å². The summed E-state index contributed by atoms with van der Waals surface area (Å²) >= 11 is 12.8. The molecule has 0 saturated carbocycles. The molecule has 1 heterocycles. The van der Waals surface area contributed by atoms with Crippen molar-refractivity contribution in [3.63, 3.8) is 0 Å². The Morgan fingerprint density at radius 2 is 2.25 bits per heavy atom. The molecule has 1 aromatic rings. The summed E-state index contributed by atoms with van der Waals surface area (Å²) in [7, 11) is 0. The molecule has 2 unspecified atom stereocenters. The highest BCUT2D eigenvalue weighted by Crippen LogP contribution is 2.31. The summed E-state index contributed by atoms with van der Waals surface area (Å²) in [6, 6.07) is 7.38. The minimum Gasteiger partial charge on any atom is -0.311 e. The summed E-state index contributed by atoms with van der Waals surface area (Å²) in [6.45, 7) is 0.723. The second kappa shape index (κ2) is 5.07. The molecule has 2 atom stereocenters. The highest BCUT2D eigenvalue weighted by Gasteiger charge is 2.38. The number of nitrogens with zero attached hydrogens (tertiary/aromatic N) is 1. The maximum absolute atomic E-state index is 12.0. The van der Waals surface area contributed by atoms with E-state index >= 15 is 0 Å². The van der Waals surface area contributed by atoms with Gasteiger partial charge in [0.1, 0.15) is 0 Å². The van der Waals surface area contributed by atoms with E-state index < -0.39 is 0 Å². The number of carbonyl (C=O) groups is 1. The summed E-state index contributed by atoms with van der Waals surface area (Å²) < 4.78 is 0. The maximum Gasteiger partial charge on any atom is 0.241 e. The Labute approximate surface area is 116 Å². The van der Waals surface area contributed by atoms with Crippen molar-refractivity contribution in [3.8, 4) is 0 Å². The Bertz CT molecular complexity index is 413. The van der Waals surface area contributed by atoms with Gasteiger partial charge in [-0.1, -0.05) is 49.5 Å². The van der Waals surface area contributed by atoms with Crippen LogP contribution in [0, 0.1) is 5.92 Å². The van der Waals surface area contributed by atoms with Crippen molar-refractivity contribution in [1.29, 1.82) is 0 Å². The van der Waals surface area contributed by atoms with Gasteiger partial charge in [-0.25, -0.2) is 0 Å². The van der Waals surface area contributed by atoms with Crippen molar-refractivity contribution in [3.05, 3.63) is 29.3 Å². The van der Waals surface area contributed by atoms with E-state index in [2.05, 4.69) is 31.9 Å². The van der Waals surface area contributed by atoms with Crippen LogP contribution < -0.4 is 4.90 Å². The Morgan fingerprint density at radius 1 is 1.50 bits per heavy atom. The molecule has 0 bridgehead atoms. The molecule has 1 aliphatic heterocycles. The fraction of sp³-hybridized carbons (Fsp3) is 0.364. The zero-order valence-corrected chi connectivity index (χ0v) is 12.3. The van der Waals surface area contributed by atoms with Crippen LogP contribution in [-0.4, -0.2) is 22.6 Å². The fourth-order valence-electron chi connectivity index (χ4n) is 1.77. The number of alkyl halides is 2. The molecular formula is C11H10Br2ClNO. The molecule has 1 saturated heterocycles. The van der Waals surface area contributed by atoms with Gasteiger partial charge < -0.3 is 4.90 Å². The first-order chi connectivity index (χ1) is 7.63. The van der Waals surface area contributed by atoms with Crippen molar-refractivity contribution in [2.75, 3.05) is 16.8 Å². The van der Waals surface area contributed by atoms with Gasteiger partial charge in [0.05, 0.1) is 4.83 Å². The molecule has 1 aliphatic rings. The minimum atomic E-state index is -0.106. The lowest BCUT2D eigenvalue weighted by atomic mass is 10.1. The second-order valence-electron chi connectivity index (χ2n) is 3.74. The predicted molar refractivity (Wildman–Crippen MR) is 73.8 cm³/mol. The van der Waals surface area contributed by atoms with Gasteiger partial charge in [0, 0.05) is 28.5 Å². The first-order valence-electron chi connectivity index (χ1n) is 4.90. The van der Waals surface area contributed by atoms with Crippen LogP contribution in [0.1, 0.15) is 0 Å². The van der Waals surface area contributed by atoms with Gasteiger partial charge in [-0.15, -0.1) is 0 Å². The van der Waals surface area contributed by atoms with Crippen LogP contribution in [0.5, 0.6) is 0 Å². The number of anilines is 1. The molecule has 0 aliphatic carbocycles. The molecule has 2 rings (SSSR count). The highest BCUT2D eigenvalue weighted by atomic mass is 79.9. The maximum atomic E-state index is 12.0. The second-order valence-corrected chi connectivity index (χ2v) is 5.82. The van der Waals surface area contributed by atoms with E-state index in [0.717, 1.165) is 17.6 Å². The van der Waals surface area contributed by atoms with Crippen molar-refractivity contribution < 1.29 is 4.79 Å². The van der Waals surface area contributed by atoms with E-state index in [1.165, 1.54) is 0 Å². The van der Waals surface area contributed by atoms with Crippen molar-refractivity contribution >= 4 is 55.1 Å². The van der Waals surface area contributed by atoms with Crippen LogP contribution in [0.15, 0.2) is 24.3 Å². The van der Waals surface area contributed by atoms with E-state index in [1.807, 2.05) is 18.2 Å². The fourth-order valence-corrected chi connectivity index (χ4v) is 3.64. The smallest absolute Gasteiger partial charge is 0.241 e. The van der Waals surface area contributed by atoms with Crippen LogP contribution >= 0.6 is 43.5 Å². The van der Waals surface area contributed by atoms with Crippen molar-refractivity contribution in [1.82, 2.24) is 0 Å². The first kappa shape index (κ1) is 12.4. The number of carbonyl (C=O) groups excluding carboxylic acids is 1. The first-order valence-corrected chi connectivity index (χ1v) is 7.32. The Kier molecular flexibility index (Phi) is 3.93. The zero-order valence-electron chi connectivity index (χ0n) is 8.37. The molecule has 1 amide bonds. The molecule has 86 valence electrons. The van der Waals surface area contributed by atoms with Crippen LogP contribution in [0.25, 0.3) is 0 Å². The van der Waals surface area contributed by atoms with Gasteiger partial charge in [-0.05, 0) is 18.2 Å². The van der Waals surface area contributed by atoms with E-state index in [1.54, 1.807) is 11.0 Å². The van der Waals surface area contributed by atoms with Gasteiger partial charge in [0.15, 0.2) is 0 Å². The lowest BCUT2D eigenvalue weighted by Crippen LogP contribution is -2.26. The molecule has 0 radical (unpaired) electrons. The highest BCUT2D eigenvalue weighted by molar-refractivity contribution is 9.10. The quantitative estimate of drug-likeness (QED) is 0.733. The van der Waals surface area contributed by atoms with E-state index in [-0.39, 0.29) is 10.7 Å². The molecular weight excluding hydrogens is 357 g/mol. The summed E-state index contributed by atoms with van der Waals surface area (Å²) in [4.78, 5) is 13.7. The number of benzene rings is 1. The average molecular weight is 367 g/mol. The summed E-state index contributed by atoms with van der Waals surface area (Å²) in [5.41, 5.74) is 0.866. The molecule has 2 nitrogen and oxygen atoms in total. The lowest BCUT2D eigenvalue weighted by Gasteiger charge is -2.16. The number of amides is 1. The lowest BCUT2D eigenvalue weighted by molar-refractivity contribution is -0.116. The van der Waals surface area contributed by atoms with Crippen molar-refractivity contribution in [2.45, 2.75) is 4.83 Å². The molecule has 1 fully saturated rings. The van der Waals surface area contributed by atoms with Gasteiger partial charge in [-0.3, -0.25) is 4.79 Å². The third-order valence-corrected chi connectivity index (χ3v) is 4.86. The van der Waals surface area contributed by atoms with Gasteiger partial charge in [0.2, 0.25) is 5.91 Å². The average Bonchev–Trinajstić information content (AvgIpc) is 2.56. The predicted octanol–water partition coefficient (Wildman–Crippen LogP) is 3.46. The number of rotatable bonds is 2. The molecule has 0 N–H and O–H groups in total. The van der Waals surface area contributed by atoms with E-state index in [9.17, 15) is 4.79 Å². The van der Waals surface area contributed by atoms with E-state index in [4.69, 9.17) is 11.6 Å². The molecule has 5 heteroatoms. The Morgan fingerprint density at radius 3 is 2.81 bits per heavy atom. The third kappa shape index (κ3) is 2.29. The molecule has 0 aromatic heterocycles.